The molecule has 4 heterocycles. The van der Waals surface area contributed by atoms with Crippen LogP contribution in [0.4, 0.5) is 0 Å². The molecule has 0 radical (unpaired) electrons. The Kier molecular flexibility index (Phi) is 4.17. The number of pyridine rings is 1. The van der Waals surface area contributed by atoms with Crippen LogP contribution in [-0.2, 0) is 13.1 Å². The summed E-state index contributed by atoms with van der Waals surface area (Å²) in [5.74, 6) is 0. The van der Waals surface area contributed by atoms with Gasteiger partial charge in [0.15, 0.2) is 0 Å². The van der Waals surface area contributed by atoms with Gasteiger partial charge < -0.3 is 5.11 Å². The minimum Gasteiger partial charge on any atom is -0.388 e. The quantitative estimate of drug-likeness (QED) is 0.913. The van der Waals surface area contributed by atoms with Gasteiger partial charge in [-0.1, -0.05) is 6.07 Å². The number of fused-ring (bicyclic) bond motifs is 2. The summed E-state index contributed by atoms with van der Waals surface area (Å²) >= 11 is 0. The van der Waals surface area contributed by atoms with Crippen LogP contribution in [0.1, 0.15) is 36.9 Å². The molecular weight excluding hydrogens is 316 g/mol. The van der Waals surface area contributed by atoms with Crippen LogP contribution in [-0.4, -0.2) is 42.5 Å². The van der Waals surface area contributed by atoms with E-state index < -0.39 is 5.60 Å². The summed E-state index contributed by atoms with van der Waals surface area (Å²) in [5, 5.41) is 15.5. The zero-order chi connectivity index (χ0) is 17.4. The second-order valence-corrected chi connectivity index (χ2v) is 7.52. The molecule has 6 heteroatoms. The standard InChI is InChI=1S/C19H24N4O2/c1-14-4-7-18(24)23(21-14)13-19(25)9-16-5-6-17(10-19)22(16)12-15-3-2-8-20-11-15/h2-4,7-8,11,16-17,25H,5-6,9-10,12-13H2,1H3. The van der Waals surface area contributed by atoms with Gasteiger partial charge in [0.2, 0.25) is 0 Å². The monoisotopic (exact) mass is 340 g/mol. The van der Waals surface area contributed by atoms with Gasteiger partial charge in [-0.2, -0.15) is 5.10 Å². The number of nitrogens with zero attached hydrogens (tertiary/aromatic N) is 4. The summed E-state index contributed by atoms with van der Waals surface area (Å²) < 4.78 is 1.42. The van der Waals surface area contributed by atoms with Crippen molar-refractivity contribution >= 4 is 0 Å². The molecular formula is C19H24N4O2. The molecule has 2 aliphatic rings. The van der Waals surface area contributed by atoms with Gasteiger partial charge in [0, 0.05) is 37.1 Å². The van der Waals surface area contributed by atoms with Crippen molar-refractivity contribution in [3.05, 3.63) is 58.3 Å². The van der Waals surface area contributed by atoms with E-state index in [1.807, 2.05) is 19.2 Å². The van der Waals surface area contributed by atoms with E-state index in [2.05, 4.69) is 21.0 Å². The third-order valence-electron chi connectivity index (χ3n) is 5.53. The van der Waals surface area contributed by atoms with Crippen LogP contribution in [0.5, 0.6) is 0 Å². The van der Waals surface area contributed by atoms with Crippen LogP contribution < -0.4 is 5.56 Å². The molecule has 0 saturated carbocycles. The smallest absolute Gasteiger partial charge is 0.266 e. The first-order valence-electron chi connectivity index (χ1n) is 8.94. The van der Waals surface area contributed by atoms with Gasteiger partial charge in [0.25, 0.3) is 5.56 Å². The molecule has 0 spiro atoms. The molecule has 6 nitrogen and oxygen atoms in total. The van der Waals surface area contributed by atoms with E-state index in [1.165, 1.54) is 16.3 Å². The van der Waals surface area contributed by atoms with Crippen molar-refractivity contribution in [2.24, 2.45) is 0 Å². The Hall–Kier alpha value is -2.05. The van der Waals surface area contributed by atoms with Crippen LogP contribution in [0.25, 0.3) is 0 Å². The van der Waals surface area contributed by atoms with Crippen LogP contribution in [0.3, 0.4) is 0 Å². The molecule has 25 heavy (non-hydrogen) atoms. The zero-order valence-electron chi connectivity index (χ0n) is 14.5. The van der Waals surface area contributed by atoms with Crippen LogP contribution >= 0.6 is 0 Å². The molecule has 0 aliphatic carbocycles. The predicted molar refractivity (Wildman–Crippen MR) is 94.0 cm³/mol. The highest BCUT2D eigenvalue weighted by molar-refractivity contribution is 5.11. The highest BCUT2D eigenvalue weighted by Crippen LogP contribution is 2.42. The first-order chi connectivity index (χ1) is 12.0. The van der Waals surface area contributed by atoms with Gasteiger partial charge in [0.05, 0.1) is 17.8 Å². The molecule has 2 atom stereocenters. The Bertz CT molecular complexity index is 791. The molecule has 2 unspecified atom stereocenters. The molecule has 132 valence electrons. The Balaban J connectivity index is 1.50. The fraction of sp³-hybridized carbons (Fsp3) is 0.526. The topological polar surface area (TPSA) is 71.2 Å². The number of hydrogen-bond donors (Lipinski definition) is 1. The van der Waals surface area contributed by atoms with E-state index in [0.717, 1.165) is 25.1 Å². The SMILES string of the molecule is Cc1ccc(=O)n(CC2(O)CC3CCC(C2)N3Cc2cccnc2)n1. The lowest BCUT2D eigenvalue weighted by Crippen LogP contribution is -2.53. The van der Waals surface area contributed by atoms with Crippen LogP contribution in [0.2, 0.25) is 0 Å². The summed E-state index contributed by atoms with van der Waals surface area (Å²) in [4.78, 5) is 18.7. The summed E-state index contributed by atoms with van der Waals surface area (Å²) in [6.07, 6.45) is 7.28. The van der Waals surface area contributed by atoms with E-state index in [4.69, 9.17) is 0 Å². The number of hydrogen-bond acceptors (Lipinski definition) is 5. The third-order valence-corrected chi connectivity index (χ3v) is 5.53. The van der Waals surface area contributed by atoms with Gasteiger partial charge in [-0.3, -0.25) is 14.7 Å². The maximum atomic E-state index is 12.0. The fourth-order valence-corrected chi connectivity index (χ4v) is 4.45. The molecule has 2 aromatic rings. The minimum absolute atomic E-state index is 0.149. The Labute approximate surface area is 147 Å². The molecule has 1 N–H and O–H groups in total. The van der Waals surface area contributed by atoms with Gasteiger partial charge in [-0.15, -0.1) is 0 Å². The summed E-state index contributed by atoms with van der Waals surface area (Å²) in [5.41, 5.74) is 0.993. The normalized spacial score (nSPS) is 29.0. The molecule has 0 aromatic carbocycles. The first-order valence-corrected chi connectivity index (χ1v) is 8.94. The van der Waals surface area contributed by atoms with E-state index in [1.54, 1.807) is 12.3 Å². The summed E-state index contributed by atoms with van der Waals surface area (Å²) in [6.45, 7) is 3.02. The van der Waals surface area contributed by atoms with Crippen molar-refractivity contribution < 1.29 is 5.11 Å². The van der Waals surface area contributed by atoms with Crippen LogP contribution in [0.15, 0.2) is 41.5 Å². The Morgan fingerprint density at radius 1 is 1.24 bits per heavy atom. The van der Waals surface area contributed by atoms with E-state index >= 15 is 0 Å². The summed E-state index contributed by atoms with van der Waals surface area (Å²) in [6, 6.07) is 8.01. The molecule has 2 fully saturated rings. The molecule has 0 amide bonds. The molecule has 2 aliphatic heterocycles. The van der Waals surface area contributed by atoms with Crippen molar-refractivity contribution in [2.45, 2.75) is 63.4 Å². The number of aromatic nitrogens is 3. The van der Waals surface area contributed by atoms with Gasteiger partial charge in [-0.25, -0.2) is 4.68 Å². The maximum absolute atomic E-state index is 12.0. The van der Waals surface area contributed by atoms with E-state index in [9.17, 15) is 9.90 Å². The van der Waals surface area contributed by atoms with Gasteiger partial charge >= 0.3 is 0 Å². The third kappa shape index (κ3) is 3.37. The highest BCUT2D eigenvalue weighted by Gasteiger charge is 2.47. The lowest BCUT2D eigenvalue weighted by molar-refractivity contribution is -0.0678. The number of rotatable bonds is 4. The van der Waals surface area contributed by atoms with Crippen molar-refractivity contribution in [1.82, 2.24) is 19.7 Å². The largest absolute Gasteiger partial charge is 0.388 e. The van der Waals surface area contributed by atoms with E-state index in [-0.39, 0.29) is 12.1 Å². The lowest BCUT2D eigenvalue weighted by atomic mass is 9.85. The average molecular weight is 340 g/mol. The summed E-state index contributed by atoms with van der Waals surface area (Å²) in [7, 11) is 0. The van der Waals surface area contributed by atoms with Crippen molar-refractivity contribution in [2.75, 3.05) is 0 Å². The second kappa shape index (κ2) is 6.35. The Morgan fingerprint density at radius 3 is 2.68 bits per heavy atom. The minimum atomic E-state index is -0.859. The molecule has 2 aromatic heterocycles. The maximum Gasteiger partial charge on any atom is 0.266 e. The number of piperidine rings is 1. The second-order valence-electron chi connectivity index (χ2n) is 7.52. The molecule has 4 rings (SSSR count). The fourth-order valence-electron chi connectivity index (χ4n) is 4.45. The van der Waals surface area contributed by atoms with Crippen molar-refractivity contribution in [1.29, 1.82) is 0 Å². The molecule has 2 saturated heterocycles. The average Bonchev–Trinajstić information content (AvgIpc) is 2.83. The zero-order valence-corrected chi connectivity index (χ0v) is 14.5. The number of aliphatic hydroxyl groups is 1. The lowest BCUT2D eigenvalue weighted by Gasteiger charge is -2.43. The highest BCUT2D eigenvalue weighted by atomic mass is 16.3. The molecule has 2 bridgehead atoms. The van der Waals surface area contributed by atoms with Crippen molar-refractivity contribution in [3.63, 3.8) is 0 Å². The van der Waals surface area contributed by atoms with Crippen LogP contribution in [0, 0.1) is 6.92 Å². The van der Waals surface area contributed by atoms with Gasteiger partial charge in [-0.05, 0) is 50.3 Å². The Morgan fingerprint density at radius 2 is 2.00 bits per heavy atom. The predicted octanol–water partition coefficient (Wildman–Crippen LogP) is 1.50. The first kappa shape index (κ1) is 16.4. The van der Waals surface area contributed by atoms with Crippen molar-refractivity contribution in [3.8, 4) is 0 Å². The van der Waals surface area contributed by atoms with Gasteiger partial charge in [0.1, 0.15) is 0 Å². The number of aryl methyl sites for hydroxylation is 1. The van der Waals surface area contributed by atoms with E-state index in [0.29, 0.717) is 24.9 Å².